The summed E-state index contributed by atoms with van der Waals surface area (Å²) in [4.78, 5) is 45.7. The molecule has 11 heteroatoms. The Kier molecular flexibility index (Phi) is 8.67. The zero-order valence-electron chi connectivity index (χ0n) is 26.4. The highest BCUT2D eigenvalue weighted by Gasteiger charge is 2.63. The summed E-state index contributed by atoms with van der Waals surface area (Å²) in [6.45, 7) is 2.66. The second-order valence-corrected chi connectivity index (χ2v) is 13.0. The van der Waals surface area contributed by atoms with Crippen LogP contribution in [0.5, 0.6) is 5.75 Å². The number of Topliss-reactive ketones (excluding diaryl/α,β-unsaturated/α-hetero) is 2. The van der Waals surface area contributed by atoms with E-state index in [9.17, 15) is 34.8 Å². The maximum absolute atomic E-state index is 14.1. The van der Waals surface area contributed by atoms with Crippen molar-refractivity contribution in [3.8, 4) is 16.9 Å². The van der Waals surface area contributed by atoms with Crippen molar-refractivity contribution in [2.45, 2.75) is 37.5 Å². The summed E-state index contributed by atoms with van der Waals surface area (Å²) in [5.41, 5.74) is 5.07. The Balaban J connectivity index is 1.56. The number of ketones is 2. The molecule has 4 atom stereocenters. The standard InChI is InChI=1S/C34H42N4O7/c1-36(2)12-7-13-38(5)17-18-8-6-9-19(14-18)21-10-11-24(39)26-22(21)15-20-16-23-28(37(3)4)30(41)27(33(35)44)32(43)34(23,45)31(42)25(20)29(26)40/h6,8-11,14,20,23,28,39,41-42,45H,7,12-13,15-17H2,1-5H3,(H2,35,44)/t20-,23-,28-,34-/m0/s1. The number of phenolic OH excluding ortho intramolecular Hbond substituents is 1. The second kappa shape index (κ2) is 12.1. The first-order valence-corrected chi connectivity index (χ1v) is 15.1. The average molecular weight is 619 g/mol. The van der Waals surface area contributed by atoms with Gasteiger partial charge in [0.1, 0.15) is 22.8 Å². The summed E-state index contributed by atoms with van der Waals surface area (Å²) in [5, 5.41) is 45.2. The van der Waals surface area contributed by atoms with E-state index < -0.39 is 58.0 Å². The third-order valence-electron chi connectivity index (χ3n) is 9.44. The van der Waals surface area contributed by atoms with Crippen molar-refractivity contribution in [1.82, 2.24) is 14.7 Å². The van der Waals surface area contributed by atoms with Gasteiger partial charge in [0.25, 0.3) is 5.91 Å². The van der Waals surface area contributed by atoms with Crippen molar-refractivity contribution in [2.24, 2.45) is 17.6 Å². The Bertz CT molecular complexity index is 1630. The number of aliphatic hydroxyl groups excluding tert-OH is 2. The van der Waals surface area contributed by atoms with Gasteiger partial charge in [0, 0.05) is 18.0 Å². The van der Waals surface area contributed by atoms with Gasteiger partial charge in [-0.2, -0.15) is 0 Å². The molecule has 5 rings (SSSR count). The number of amides is 1. The van der Waals surface area contributed by atoms with Crippen LogP contribution in [0.4, 0.5) is 0 Å². The zero-order chi connectivity index (χ0) is 33.0. The number of hydrogen-bond acceptors (Lipinski definition) is 10. The minimum absolute atomic E-state index is 0.000474. The van der Waals surface area contributed by atoms with E-state index in [0.717, 1.165) is 42.7 Å². The molecule has 2 aromatic rings. The van der Waals surface area contributed by atoms with Crippen LogP contribution < -0.4 is 5.73 Å². The quantitative estimate of drug-likeness (QED) is 0.263. The zero-order valence-corrected chi connectivity index (χ0v) is 26.4. The van der Waals surface area contributed by atoms with E-state index in [4.69, 9.17) is 5.73 Å². The predicted octanol–water partition coefficient (Wildman–Crippen LogP) is 2.17. The van der Waals surface area contributed by atoms with Crippen LogP contribution >= 0.6 is 0 Å². The van der Waals surface area contributed by atoms with Crippen molar-refractivity contribution in [1.29, 1.82) is 0 Å². The number of likely N-dealkylation sites (N-methyl/N-ethyl adjacent to an activating group) is 1. The largest absolute Gasteiger partial charge is 0.510 e. The van der Waals surface area contributed by atoms with Gasteiger partial charge >= 0.3 is 0 Å². The third-order valence-corrected chi connectivity index (χ3v) is 9.44. The summed E-state index contributed by atoms with van der Waals surface area (Å²) in [5.74, 6) is -6.65. The number of carbonyl (C=O) groups is 3. The van der Waals surface area contributed by atoms with Crippen LogP contribution in [0, 0.1) is 11.8 Å². The molecule has 11 nitrogen and oxygen atoms in total. The van der Waals surface area contributed by atoms with E-state index in [1.165, 1.54) is 11.0 Å². The van der Waals surface area contributed by atoms with Gasteiger partial charge in [-0.25, -0.2) is 0 Å². The van der Waals surface area contributed by atoms with Crippen molar-refractivity contribution in [3.63, 3.8) is 0 Å². The molecule has 0 bridgehead atoms. The Morgan fingerprint density at radius 1 is 1.02 bits per heavy atom. The van der Waals surface area contributed by atoms with Crippen LogP contribution in [-0.2, 0) is 22.6 Å². The summed E-state index contributed by atoms with van der Waals surface area (Å²) in [6, 6.07) is 10.2. The maximum atomic E-state index is 14.1. The molecule has 2 aromatic carbocycles. The van der Waals surface area contributed by atoms with Crippen molar-refractivity contribution in [2.75, 3.05) is 48.3 Å². The van der Waals surface area contributed by atoms with Crippen LogP contribution in [-0.4, -0.2) is 113 Å². The molecule has 0 heterocycles. The lowest BCUT2D eigenvalue weighted by Gasteiger charge is -2.50. The van der Waals surface area contributed by atoms with E-state index in [1.807, 2.05) is 18.2 Å². The number of fused-ring (bicyclic) bond motifs is 3. The molecule has 0 fully saturated rings. The topological polar surface area (TPSA) is 168 Å². The minimum Gasteiger partial charge on any atom is -0.510 e. The van der Waals surface area contributed by atoms with Gasteiger partial charge in [0.2, 0.25) is 5.78 Å². The molecule has 6 N–H and O–H groups in total. The Hall–Kier alpha value is -4.03. The molecule has 0 aromatic heterocycles. The number of carbonyl (C=O) groups excluding carboxylic acids is 3. The first kappa shape index (κ1) is 32.4. The normalized spacial score (nSPS) is 24.8. The smallest absolute Gasteiger partial charge is 0.255 e. The first-order chi connectivity index (χ1) is 21.2. The Morgan fingerprint density at radius 2 is 1.73 bits per heavy atom. The van der Waals surface area contributed by atoms with Gasteiger partial charge < -0.3 is 36.0 Å². The first-order valence-electron chi connectivity index (χ1n) is 15.1. The molecule has 0 radical (unpaired) electrons. The number of nitrogens with two attached hydrogens (primary N) is 1. The molecule has 0 saturated carbocycles. The highest BCUT2D eigenvalue weighted by molar-refractivity contribution is 6.24. The summed E-state index contributed by atoms with van der Waals surface area (Å²) in [6.07, 6.45) is 1.31. The molecule has 240 valence electrons. The number of benzene rings is 2. The third kappa shape index (κ3) is 5.43. The lowest BCUT2D eigenvalue weighted by molar-refractivity contribution is -0.148. The molecule has 0 unspecified atom stereocenters. The van der Waals surface area contributed by atoms with E-state index in [1.54, 1.807) is 20.2 Å². The number of primary amides is 1. The average Bonchev–Trinajstić information content (AvgIpc) is 2.94. The number of aliphatic hydroxyl groups is 3. The summed E-state index contributed by atoms with van der Waals surface area (Å²) >= 11 is 0. The summed E-state index contributed by atoms with van der Waals surface area (Å²) in [7, 11) is 9.39. The molecule has 0 aliphatic heterocycles. The molecule has 1 amide bonds. The molecule has 3 aliphatic carbocycles. The molecule has 0 spiro atoms. The van der Waals surface area contributed by atoms with Gasteiger partial charge in [-0.1, -0.05) is 24.3 Å². The second-order valence-electron chi connectivity index (χ2n) is 13.0. The van der Waals surface area contributed by atoms with Crippen molar-refractivity contribution < 1.29 is 34.8 Å². The molecular formula is C34H42N4O7. The number of nitrogens with zero attached hydrogens (tertiary/aromatic N) is 3. The van der Waals surface area contributed by atoms with Gasteiger partial charge in [-0.05, 0) is 108 Å². The fourth-order valence-electron chi connectivity index (χ4n) is 7.41. The van der Waals surface area contributed by atoms with Crippen molar-refractivity contribution in [3.05, 3.63) is 75.8 Å². The van der Waals surface area contributed by atoms with Crippen LogP contribution in [0.15, 0.2) is 59.1 Å². The molecular weight excluding hydrogens is 576 g/mol. The number of aromatic hydroxyl groups is 1. The number of hydrogen-bond donors (Lipinski definition) is 5. The van der Waals surface area contributed by atoms with E-state index in [-0.39, 0.29) is 29.7 Å². The minimum atomic E-state index is -2.66. The predicted molar refractivity (Wildman–Crippen MR) is 169 cm³/mol. The maximum Gasteiger partial charge on any atom is 0.255 e. The number of allylic oxidation sites excluding steroid dienone is 1. The van der Waals surface area contributed by atoms with Crippen LogP contribution in [0.25, 0.3) is 11.1 Å². The fourth-order valence-corrected chi connectivity index (χ4v) is 7.41. The summed E-state index contributed by atoms with van der Waals surface area (Å²) < 4.78 is 0. The molecule has 45 heavy (non-hydrogen) atoms. The van der Waals surface area contributed by atoms with E-state index in [2.05, 4.69) is 37.0 Å². The Morgan fingerprint density at radius 3 is 2.38 bits per heavy atom. The highest BCUT2D eigenvalue weighted by atomic mass is 16.3. The van der Waals surface area contributed by atoms with E-state index >= 15 is 0 Å². The molecule has 3 aliphatic rings. The number of rotatable bonds is 9. The molecule has 0 saturated heterocycles. The van der Waals surface area contributed by atoms with Crippen LogP contribution in [0.3, 0.4) is 0 Å². The van der Waals surface area contributed by atoms with Gasteiger partial charge in [0.15, 0.2) is 11.4 Å². The number of phenols is 1. The van der Waals surface area contributed by atoms with E-state index in [0.29, 0.717) is 5.56 Å². The Labute approximate surface area is 262 Å². The van der Waals surface area contributed by atoms with Gasteiger partial charge in [-0.3, -0.25) is 19.3 Å². The van der Waals surface area contributed by atoms with Crippen molar-refractivity contribution >= 4 is 17.5 Å². The monoisotopic (exact) mass is 618 g/mol. The highest BCUT2D eigenvalue weighted by Crippen LogP contribution is 2.53. The van der Waals surface area contributed by atoms with Crippen LogP contribution in [0.2, 0.25) is 0 Å². The lowest BCUT2D eigenvalue weighted by Crippen LogP contribution is -2.63. The van der Waals surface area contributed by atoms with Gasteiger partial charge in [-0.15, -0.1) is 0 Å². The lowest BCUT2D eigenvalue weighted by atomic mass is 9.58. The SMILES string of the molecule is CN(C)CCCN(C)Cc1cccc(-c2ccc(O)c3c2C[C@H]2C[C@H]4[C@H](N(C)C)C(O)=C(C(N)=O)C(=O)[C@@]4(O)C(O)=C2C3=O)c1. The van der Waals surface area contributed by atoms with Crippen LogP contribution in [0.1, 0.15) is 34.3 Å². The van der Waals surface area contributed by atoms with Gasteiger partial charge in [0.05, 0.1) is 11.6 Å². The fraction of sp³-hybridized carbons (Fsp3) is 0.441.